The number of aryl methyl sites for hydroxylation is 1. The van der Waals surface area contributed by atoms with Crippen LogP contribution in [-0.4, -0.2) is 28.2 Å². The molecule has 0 unspecified atom stereocenters. The number of furan rings is 1. The molecule has 0 saturated carbocycles. The van der Waals surface area contributed by atoms with Crippen LogP contribution in [0.2, 0.25) is 0 Å². The Labute approximate surface area is 194 Å². The Balaban J connectivity index is 1.51. The van der Waals surface area contributed by atoms with Crippen LogP contribution in [0.25, 0.3) is 6.08 Å². The molecule has 3 aromatic rings. The van der Waals surface area contributed by atoms with Crippen LogP contribution in [0.1, 0.15) is 27.2 Å². The van der Waals surface area contributed by atoms with Crippen molar-refractivity contribution < 1.29 is 23.5 Å². The zero-order valence-corrected chi connectivity index (χ0v) is 19.0. The lowest BCUT2D eigenvalue weighted by Crippen LogP contribution is -2.27. The van der Waals surface area contributed by atoms with Crippen molar-refractivity contribution in [3.63, 3.8) is 0 Å². The summed E-state index contributed by atoms with van der Waals surface area (Å²) in [6.45, 7) is 2.23. The number of hydrogen-bond acceptors (Lipinski definition) is 7. The van der Waals surface area contributed by atoms with E-state index in [1.54, 1.807) is 54.8 Å². The van der Waals surface area contributed by atoms with Crippen molar-refractivity contribution in [1.82, 2.24) is 4.90 Å². The Morgan fingerprint density at radius 1 is 1.16 bits per heavy atom. The van der Waals surface area contributed by atoms with Crippen molar-refractivity contribution in [1.29, 1.82) is 0 Å². The van der Waals surface area contributed by atoms with Crippen molar-refractivity contribution in [3.05, 3.63) is 88.2 Å². The van der Waals surface area contributed by atoms with E-state index in [9.17, 15) is 9.59 Å². The molecule has 0 aliphatic carbocycles. The molecule has 6 nitrogen and oxygen atoms in total. The molecule has 0 bridgehead atoms. The monoisotopic (exact) mass is 465 g/mol. The first-order valence-electron chi connectivity index (χ1n) is 9.69. The molecule has 0 N–H and O–H groups in total. The fourth-order valence-electron chi connectivity index (χ4n) is 3.05. The Bertz CT molecular complexity index is 1200. The minimum Gasteiger partial charge on any atom is -0.493 e. The van der Waals surface area contributed by atoms with E-state index in [-0.39, 0.29) is 12.5 Å². The predicted molar refractivity (Wildman–Crippen MR) is 127 cm³/mol. The third kappa shape index (κ3) is 4.76. The van der Waals surface area contributed by atoms with Crippen LogP contribution in [0.4, 0.5) is 0 Å². The van der Waals surface area contributed by atoms with Crippen LogP contribution in [0.5, 0.6) is 11.5 Å². The minimum atomic E-state index is -0.477. The average Bonchev–Trinajstić information content (AvgIpc) is 3.39. The zero-order chi connectivity index (χ0) is 22.7. The minimum absolute atomic E-state index is 0.190. The molecule has 1 aliphatic rings. The summed E-state index contributed by atoms with van der Waals surface area (Å²) < 4.78 is 16.7. The van der Waals surface area contributed by atoms with Crippen LogP contribution in [0.3, 0.4) is 0 Å². The normalized spacial score (nSPS) is 14.8. The fourth-order valence-corrected chi connectivity index (χ4v) is 4.31. The summed E-state index contributed by atoms with van der Waals surface area (Å²) in [6, 6.07) is 15.8. The Kier molecular flexibility index (Phi) is 6.43. The van der Waals surface area contributed by atoms with Gasteiger partial charge in [-0.15, -0.1) is 0 Å². The lowest BCUT2D eigenvalue weighted by atomic mass is 10.1. The predicted octanol–water partition coefficient (Wildman–Crippen LogP) is 5.22. The Morgan fingerprint density at radius 3 is 2.62 bits per heavy atom. The third-order valence-corrected chi connectivity index (χ3v) is 6.12. The second kappa shape index (κ2) is 9.42. The molecule has 162 valence electrons. The molecule has 1 aliphatic heterocycles. The van der Waals surface area contributed by atoms with Crippen molar-refractivity contribution in [2.75, 3.05) is 7.11 Å². The maximum atomic E-state index is 12.8. The highest BCUT2D eigenvalue weighted by atomic mass is 32.2. The van der Waals surface area contributed by atoms with Gasteiger partial charge in [0.15, 0.2) is 11.5 Å². The molecule has 2 heterocycles. The number of carbonyl (C=O) groups excluding carboxylic acids is 2. The molecule has 4 rings (SSSR count). The molecule has 8 heteroatoms. The number of carbonyl (C=O) groups is 2. The van der Waals surface area contributed by atoms with Crippen LogP contribution in [0.15, 0.2) is 70.2 Å². The second-order valence-corrected chi connectivity index (χ2v) is 8.69. The van der Waals surface area contributed by atoms with Crippen LogP contribution in [-0.2, 0) is 11.3 Å². The summed E-state index contributed by atoms with van der Waals surface area (Å²) in [7, 11) is 1.49. The topological polar surface area (TPSA) is 69.0 Å². The van der Waals surface area contributed by atoms with Crippen molar-refractivity contribution in [2.45, 2.75) is 13.5 Å². The van der Waals surface area contributed by atoms with E-state index in [4.69, 9.17) is 26.1 Å². The van der Waals surface area contributed by atoms with E-state index >= 15 is 0 Å². The molecule has 32 heavy (non-hydrogen) atoms. The smallest absolute Gasteiger partial charge is 0.343 e. The van der Waals surface area contributed by atoms with Gasteiger partial charge >= 0.3 is 5.97 Å². The van der Waals surface area contributed by atoms with Gasteiger partial charge in [-0.25, -0.2) is 4.79 Å². The van der Waals surface area contributed by atoms with E-state index in [1.165, 1.54) is 23.8 Å². The van der Waals surface area contributed by atoms with Crippen molar-refractivity contribution >= 4 is 46.3 Å². The SMILES string of the molecule is COc1cc(/C=C2\SC(=S)N(Cc3ccco3)C2=O)ccc1OC(=O)c1ccc(C)cc1. The molecular weight excluding hydrogens is 446 g/mol. The maximum absolute atomic E-state index is 12.8. The largest absolute Gasteiger partial charge is 0.493 e. The average molecular weight is 466 g/mol. The number of ether oxygens (including phenoxy) is 2. The number of thioether (sulfide) groups is 1. The molecule has 1 aromatic heterocycles. The first-order chi connectivity index (χ1) is 15.4. The molecule has 1 saturated heterocycles. The number of benzene rings is 2. The number of nitrogens with zero attached hydrogens (tertiary/aromatic N) is 1. The molecular formula is C24H19NO5S2. The van der Waals surface area contributed by atoms with Gasteiger partial charge in [0.05, 0.1) is 30.4 Å². The summed E-state index contributed by atoms with van der Waals surface area (Å²) in [5.74, 6) is 0.662. The number of rotatable bonds is 6. The molecule has 0 radical (unpaired) electrons. The van der Waals surface area contributed by atoms with Gasteiger partial charge < -0.3 is 13.9 Å². The molecule has 0 atom stereocenters. The van der Waals surface area contributed by atoms with Gasteiger partial charge in [-0.1, -0.05) is 47.7 Å². The summed E-state index contributed by atoms with van der Waals surface area (Å²) in [4.78, 5) is 27.2. The van der Waals surface area contributed by atoms with Gasteiger partial charge in [-0.2, -0.15) is 0 Å². The summed E-state index contributed by atoms with van der Waals surface area (Å²) in [5.41, 5.74) is 2.22. The van der Waals surface area contributed by atoms with Gasteiger partial charge in [0.25, 0.3) is 5.91 Å². The van der Waals surface area contributed by atoms with Gasteiger partial charge in [0, 0.05) is 0 Å². The van der Waals surface area contributed by atoms with Gasteiger partial charge in [0.2, 0.25) is 0 Å². The molecule has 0 spiro atoms. The highest BCUT2D eigenvalue weighted by Gasteiger charge is 2.32. The number of methoxy groups -OCH3 is 1. The van der Waals surface area contributed by atoms with Gasteiger partial charge in [-0.3, -0.25) is 9.69 Å². The van der Waals surface area contributed by atoms with Crippen LogP contribution >= 0.6 is 24.0 Å². The van der Waals surface area contributed by atoms with E-state index < -0.39 is 5.97 Å². The lowest BCUT2D eigenvalue weighted by molar-refractivity contribution is -0.122. The van der Waals surface area contributed by atoms with E-state index in [2.05, 4.69) is 0 Å². The quantitative estimate of drug-likeness (QED) is 0.214. The molecule has 1 amide bonds. The highest BCUT2D eigenvalue weighted by molar-refractivity contribution is 8.26. The molecule has 1 fully saturated rings. The van der Waals surface area contributed by atoms with Crippen molar-refractivity contribution in [2.24, 2.45) is 0 Å². The van der Waals surface area contributed by atoms with Crippen molar-refractivity contribution in [3.8, 4) is 11.5 Å². The highest BCUT2D eigenvalue weighted by Crippen LogP contribution is 2.35. The Hall–Kier alpha value is -3.36. The van der Waals surface area contributed by atoms with Crippen LogP contribution in [0, 0.1) is 6.92 Å². The summed E-state index contributed by atoms with van der Waals surface area (Å²) >= 11 is 6.58. The first kappa shape index (κ1) is 21.9. The lowest BCUT2D eigenvalue weighted by Gasteiger charge is -2.12. The standard InChI is InChI=1S/C24H19NO5S2/c1-15-5-8-17(9-6-15)23(27)30-19-10-7-16(12-20(19)28-2)13-21-22(26)25(24(31)32-21)14-18-4-3-11-29-18/h3-13H,14H2,1-2H3/b21-13-. The number of hydrogen-bond donors (Lipinski definition) is 0. The van der Waals surface area contributed by atoms with E-state index in [0.717, 1.165) is 11.1 Å². The number of thiocarbonyl (C=S) groups is 1. The summed E-state index contributed by atoms with van der Waals surface area (Å²) in [5, 5.41) is 0. The number of esters is 1. The third-order valence-electron chi connectivity index (χ3n) is 4.74. The van der Waals surface area contributed by atoms with E-state index in [0.29, 0.717) is 32.0 Å². The van der Waals surface area contributed by atoms with Gasteiger partial charge in [-0.05, 0) is 55.0 Å². The summed E-state index contributed by atoms with van der Waals surface area (Å²) in [6.07, 6.45) is 3.29. The maximum Gasteiger partial charge on any atom is 0.343 e. The van der Waals surface area contributed by atoms with E-state index in [1.807, 2.05) is 19.1 Å². The first-order valence-corrected chi connectivity index (χ1v) is 10.9. The van der Waals surface area contributed by atoms with Gasteiger partial charge in [0.1, 0.15) is 10.1 Å². The zero-order valence-electron chi connectivity index (χ0n) is 17.4. The number of amides is 1. The Morgan fingerprint density at radius 2 is 1.94 bits per heavy atom. The fraction of sp³-hybridized carbons (Fsp3) is 0.125. The molecule has 2 aromatic carbocycles. The second-order valence-electron chi connectivity index (χ2n) is 7.01. The van der Waals surface area contributed by atoms with Crippen LogP contribution < -0.4 is 9.47 Å².